The minimum absolute atomic E-state index is 0.0586. The fraction of sp³-hybridized carbons (Fsp3) is 0.571. The van der Waals surface area contributed by atoms with Crippen molar-refractivity contribution in [3.63, 3.8) is 0 Å². The summed E-state index contributed by atoms with van der Waals surface area (Å²) < 4.78 is 5.75. The Balaban J connectivity index is 2.25. The molecule has 2 rings (SSSR count). The van der Waals surface area contributed by atoms with E-state index in [1.807, 2.05) is 12.1 Å². The summed E-state index contributed by atoms with van der Waals surface area (Å²) >= 11 is 0. The first-order valence-corrected chi connectivity index (χ1v) is 6.97. The fourth-order valence-electron chi connectivity index (χ4n) is 2.74. The number of nitrogens with zero attached hydrogens (tertiary/aromatic N) is 2. The Kier molecular flexibility index (Phi) is 5.05. The summed E-state index contributed by atoms with van der Waals surface area (Å²) in [6.07, 6.45) is 0.998. The van der Waals surface area contributed by atoms with Gasteiger partial charge in [0.25, 0.3) is 5.69 Å². The molecule has 110 valence electrons. The lowest BCUT2D eigenvalue weighted by atomic mass is 9.97. The third-order valence-corrected chi connectivity index (χ3v) is 3.64. The van der Waals surface area contributed by atoms with Gasteiger partial charge in [-0.2, -0.15) is 0 Å². The number of non-ortho nitro benzene ring substituents is 1. The topological polar surface area (TPSA) is 81.6 Å². The van der Waals surface area contributed by atoms with E-state index in [1.54, 1.807) is 12.1 Å². The predicted molar refractivity (Wildman–Crippen MR) is 76.5 cm³/mol. The molecule has 1 heterocycles. The number of benzene rings is 1. The molecule has 2 unspecified atom stereocenters. The Labute approximate surface area is 118 Å². The van der Waals surface area contributed by atoms with Crippen molar-refractivity contribution in [3.8, 4) is 0 Å². The van der Waals surface area contributed by atoms with Crippen LogP contribution in [0.4, 0.5) is 5.69 Å². The Bertz CT molecular complexity index is 447. The van der Waals surface area contributed by atoms with Crippen molar-refractivity contribution in [2.24, 2.45) is 5.73 Å². The van der Waals surface area contributed by atoms with E-state index in [9.17, 15) is 10.1 Å². The van der Waals surface area contributed by atoms with E-state index in [-0.39, 0.29) is 22.8 Å². The molecule has 1 aliphatic heterocycles. The highest BCUT2D eigenvalue weighted by Gasteiger charge is 2.32. The highest BCUT2D eigenvalue weighted by Crippen LogP contribution is 2.30. The number of nitro benzene ring substituents is 1. The van der Waals surface area contributed by atoms with Gasteiger partial charge >= 0.3 is 0 Å². The summed E-state index contributed by atoms with van der Waals surface area (Å²) in [7, 11) is 0. The quantitative estimate of drug-likeness (QED) is 0.655. The zero-order valence-corrected chi connectivity index (χ0v) is 11.7. The van der Waals surface area contributed by atoms with Crippen LogP contribution in [0.5, 0.6) is 0 Å². The van der Waals surface area contributed by atoms with Crippen LogP contribution < -0.4 is 5.73 Å². The number of rotatable bonds is 5. The Morgan fingerprint density at radius 2 is 2.15 bits per heavy atom. The van der Waals surface area contributed by atoms with Gasteiger partial charge in [0.2, 0.25) is 0 Å². The van der Waals surface area contributed by atoms with Crippen molar-refractivity contribution >= 4 is 5.69 Å². The standard InChI is InChI=1S/C14H21N3O3/c1-2-7-16-8-9-20-13(10-15)14(16)11-3-5-12(6-4-11)17(18)19/h3-6,13-14H,2,7-10,15H2,1H3. The highest BCUT2D eigenvalue weighted by atomic mass is 16.6. The van der Waals surface area contributed by atoms with E-state index >= 15 is 0 Å². The summed E-state index contributed by atoms with van der Waals surface area (Å²) in [5, 5.41) is 10.7. The van der Waals surface area contributed by atoms with Crippen LogP contribution in [-0.2, 0) is 4.74 Å². The Morgan fingerprint density at radius 3 is 2.70 bits per heavy atom. The summed E-state index contributed by atoms with van der Waals surface area (Å²) in [6.45, 7) is 5.11. The molecule has 6 heteroatoms. The summed E-state index contributed by atoms with van der Waals surface area (Å²) in [5.74, 6) is 0. The molecule has 0 saturated carbocycles. The van der Waals surface area contributed by atoms with Gasteiger partial charge < -0.3 is 10.5 Å². The molecule has 0 spiro atoms. The van der Waals surface area contributed by atoms with E-state index in [0.717, 1.165) is 25.1 Å². The monoisotopic (exact) mass is 279 g/mol. The van der Waals surface area contributed by atoms with E-state index in [4.69, 9.17) is 10.5 Å². The number of nitrogens with two attached hydrogens (primary N) is 1. The lowest BCUT2D eigenvalue weighted by Crippen LogP contribution is -2.48. The van der Waals surface area contributed by atoms with Crippen molar-refractivity contribution in [2.45, 2.75) is 25.5 Å². The second-order valence-corrected chi connectivity index (χ2v) is 4.97. The van der Waals surface area contributed by atoms with Crippen molar-refractivity contribution in [3.05, 3.63) is 39.9 Å². The Morgan fingerprint density at radius 1 is 1.45 bits per heavy atom. The maximum absolute atomic E-state index is 10.7. The second kappa shape index (κ2) is 6.78. The van der Waals surface area contributed by atoms with Crippen LogP contribution in [0.15, 0.2) is 24.3 Å². The molecule has 0 radical (unpaired) electrons. The molecule has 0 aromatic heterocycles. The fourth-order valence-corrected chi connectivity index (χ4v) is 2.74. The molecule has 20 heavy (non-hydrogen) atoms. The predicted octanol–water partition coefficient (Wildman–Crippen LogP) is 1.71. The van der Waals surface area contributed by atoms with Crippen LogP contribution in [0.25, 0.3) is 0 Å². The highest BCUT2D eigenvalue weighted by molar-refractivity contribution is 5.34. The lowest BCUT2D eigenvalue weighted by molar-refractivity contribution is -0.384. The average Bonchev–Trinajstić information content (AvgIpc) is 2.47. The minimum atomic E-state index is -0.384. The number of ether oxygens (including phenoxy) is 1. The van der Waals surface area contributed by atoms with Crippen LogP contribution in [0.2, 0.25) is 0 Å². The van der Waals surface area contributed by atoms with Crippen molar-refractivity contribution in [1.29, 1.82) is 0 Å². The normalized spacial score (nSPS) is 23.7. The maximum atomic E-state index is 10.7. The van der Waals surface area contributed by atoms with Crippen LogP contribution >= 0.6 is 0 Å². The van der Waals surface area contributed by atoms with Gasteiger partial charge in [0.05, 0.1) is 23.7 Å². The number of hydrogen-bond acceptors (Lipinski definition) is 5. The van der Waals surface area contributed by atoms with Gasteiger partial charge in [-0.15, -0.1) is 0 Å². The van der Waals surface area contributed by atoms with Gasteiger partial charge in [-0.05, 0) is 18.5 Å². The van der Waals surface area contributed by atoms with Crippen LogP contribution in [0.1, 0.15) is 24.9 Å². The zero-order chi connectivity index (χ0) is 14.5. The molecule has 1 fully saturated rings. The third-order valence-electron chi connectivity index (χ3n) is 3.64. The molecule has 1 saturated heterocycles. The van der Waals surface area contributed by atoms with Crippen LogP contribution in [-0.4, -0.2) is 42.2 Å². The van der Waals surface area contributed by atoms with Gasteiger partial charge in [-0.3, -0.25) is 15.0 Å². The van der Waals surface area contributed by atoms with Gasteiger partial charge in [0, 0.05) is 25.2 Å². The first-order valence-electron chi connectivity index (χ1n) is 6.97. The van der Waals surface area contributed by atoms with Gasteiger partial charge in [-0.1, -0.05) is 19.1 Å². The van der Waals surface area contributed by atoms with Crippen LogP contribution in [0, 0.1) is 10.1 Å². The number of nitro groups is 1. The van der Waals surface area contributed by atoms with E-state index < -0.39 is 0 Å². The molecule has 6 nitrogen and oxygen atoms in total. The summed E-state index contributed by atoms with van der Waals surface area (Å²) in [6, 6.07) is 6.78. The first kappa shape index (κ1) is 14.9. The van der Waals surface area contributed by atoms with Crippen molar-refractivity contribution < 1.29 is 9.66 Å². The molecular formula is C14H21N3O3. The van der Waals surface area contributed by atoms with Gasteiger partial charge in [0.15, 0.2) is 0 Å². The summed E-state index contributed by atoms with van der Waals surface area (Å²) in [4.78, 5) is 12.7. The molecule has 0 bridgehead atoms. The number of morpholine rings is 1. The third kappa shape index (κ3) is 3.15. The molecular weight excluding hydrogens is 258 g/mol. The van der Waals surface area contributed by atoms with Crippen molar-refractivity contribution in [2.75, 3.05) is 26.2 Å². The number of hydrogen-bond donors (Lipinski definition) is 1. The minimum Gasteiger partial charge on any atom is -0.374 e. The second-order valence-electron chi connectivity index (χ2n) is 4.97. The molecule has 1 aromatic rings. The lowest BCUT2D eigenvalue weighted by Gasteiger charge is -2.41. The molecule has 1 aliphatic rings. The smallest absolute Gasteiger partial charge is 0.269 e. The average molecular weight is 279 g/mol. The summed E-state index contributed by atoms with van der Waals surface area (Å²) in [5.41, 5.74) is 6.94. The zero-order valence-electron chi connectivity index (χ0n) is 11.7. The molecule has 0 amide bonds. The van der Waals surface area contributed by atoms with E-state index in [0.29, 0.717) is 13.2 Å². The van der Waals surface area contributed by atoms with E-state index in [1.165, 1.54) is 0 Å². The molecule has 0 aliphatic carbocycles. The first-order chi connectivity index (χ1) is 9.67. The molecule has 1 aromatic carbocycles. The molecule has 2 atom stereocenters. The largest absolute Gasteiger partial charge is 0.374 e. The molecule has 2 N–H and O–H groups in total. The maximum Gasteiger partial charge on any atom is 0.269 e. The van der Waals surface area contributed by atoms with E-state index in [2.05, 4.69) is 11.8 Å². The van der Waals surface area contributed by atoms with Crippen molar-refractivity contribution in [1.82, 2.24) is 4.90 Å². The van der Waals surface area contributed by atoms with Gasteiger partial charge in [0.1, 0.15) is 0 Å². The van der Waals surface area contributed by atoms with Crippen LogP contribution in [0.3, 0.4) is 0 Å². The van der Waals surface area contributed by atoms with Gasteiger partial charge in [-0.25, -0.2) is 0 Å². The SMILES string of the molecule is CCCN1CCOC(CN)C1c1ccc([N+](=O)[O-])cc1. The Hall–Kier alpha value is -1.50.